The van der Waals surface area contributed by atoms with Crippen LogP contribution in [0.15, 0.2) is 24.3 Å². The second-order valence-corrected chi connectivity index (χ2v) is 6.95. The lowest BCUT2D eigenvalue weighted by atomic mass is 10.2. The Balaban J connectivity index is 1.36. The smallest absolute Gasteiger partial charge is 0.227 e. The van der Waals surface area contributed by atoms with Gasteiger partial charge in [-0.1, -0.05) is 12.1 Å². The number of nitrogens with one attached hydrogen (secondary N) is 3. The largest absolute Gasteiger partial charge is 0.370 e. The molecule has 0 aliphatic carbocycles. The first kappa shape index (κ1) is 18.1. The van der Waals surface area contributed by atoms with Crippen LogP contribution < -0.4 is 20.4 Å². The van der Waals surface area contributed by atoms with E-state index in [1.807, 2.05) is 17.0 Å². The molecule has 3 N–H and O–H groups in total. The van der Waals surface area contributed by atoms with Crippen molar-refractivity contribution in [2.45, 2.75) is 19.4 Å². The van der Waals surface area contributed by atoms with Crippen molar-refractivity contribution in [2.75, 3.05) is 50.8 Å². The molecule has 7 heteroatoms. The highest BCUT2D eigenvalue weighted by atomic mass is 32.1. The van der Waals surface area contributed by atoms with E-state index in [1.54, 1.807) is 4.90 Å². The maximum Gasteiger partial charge on any atom is 0.227 e. The van der Waals surface area contributed by atoms with E-state index in [9.17, 15) is 4.79 Å². The van der Waals surface area contributed by atoms with Crippen molar-refractivity contribution in [1.29, 1.82) is 0 Å². The van der Waals surface area contributed by atoms with Crippen molar-refractivity contribution in [3.05, 3.63) is 29.8 Å². The lowest BCUT2D eigenvalue weighted by Crippen LogP contribution is -3.14. The number of hydrogen-bond donors (Lipinski definition) is 3. The molecule has 1 aromatic rings. The summed E-state index contributed by atoms with van der Waals surface area (Å²) in [7, 11) is 0. The first-order valence-corrected chi connectivity index (χ1v) is 9.45. The topological polar surface area (TPSA) is 58.0 Å². The summed E-state index contributed by atoms with van der Waals surface area (Å²) in [5.41, 5.74) is 2.14. The van der Waals surface area contributed by atoms with Crippen LogP contribution >= 0.6 is 12.2 Å². The standard InChI is InChI=1S/C18H26N4O2S/c23-17-2-1-8-22(17)16-5-3-15(4-6-16)14-20-18(25)19-7-9-21-10-12-24-13-11-21/h3-6H,1-2,7-14H2,(H2,19,20,25)/p+1. The molecule has 0 radical (unpaired) electrons. The Morgan fingerprint density at radius 2 is 1.96 bits per heavy atom. The van der Waals surface area contributed by atoms with Gasteiger partial charge in [-0.05, 0) is 36.3 Å². The normalized spacial score (nSPS) is 18.4. The zero-order valence-corrected chi connectivity index (χ0v) is 15.4. The number of quaternary nitrogens is 1. The minimum atomic E-state index is 0.221. The summed E-state index contributed by atoms with van der Waals surface area (Å²) in [5, 5.41) is 7.19. The van der Waals surface area contributed by atoms with E-state index in [2.05, 4.69) is 22.8 Å². The SMILES string of the molecule is O=C1CCCN1c1ccc(CNC(=S)NCC[NH+]2CCOCC2)cc1. The molecule has 2 heterocycles. The minimum Gasteiger partial charge on any atom is -0.370 e. The van der Waals surface area contributed by atoms with Crippen molar-refractivity contribution in [2.24, 2.45) is 0 Å². The molecule has 0 saturated carbocycles. The molecule has 1 aromatic carbocycles. The average molecular weight is 364 g/mol. The number of ether oxygens (including phenoxy) is 1. The van der Waals surface area contributed by atoms with Gasteiger partial charge in [0.2, 0.25) is 5.91 Å². The lowest BCUT2D eigenvalue weighted by Gasteiger charge is -2.24. The van der Waals surface area contributed by atoms with Gasteiger partial charge in [0.25, 0.3) is 0 Å². The molecule has 0 bridgehead atoms. The number of carbonyl (C=O) groups excluding carboxylic acids is 1. The summed E-state index contributed by atoms with van der Waals surface area (Å²) in [6.07, 6.45) is 1.61. The molecule has 3 rings (SSSR count). The van der Waals surface area contributed by atoms with Gasteiger partial charge in [-0.2, -0.15) is 0 Å². The van der Waals surface area contributed by atoms with E-state index in [0.717, 1.165) is 63.6 Å². The maximum atomic E-state index is 11.8. The van der Waals surface area contributed by atoms with Crippen molar-refractivity contribution in [1.82, 2.24) is 10.6 Å². The molecular weight excluding hydrogens is 336 g/mol. The molecule has 2 aliphatic rings. The molecule has 0 spiro atoms. The van der Waals surface area contributed by atoms with Crippen molar-refractivity contribution < 1.29 is 14.4 Å². The highest BCUT2D eigenvalue weighted by Crippen LogP contribution is 2.21. The number of anilines is 1. The first-order chi connectivity index (χ1) is 12.2. The second kappa shape index (κ2) is 9.12. The minimum absolute atomic E-state index is 0.221. The van der Waals surface area contributed by atoms with E-state index in [0.29, 0.717) is 18.1 Å². The molecule has 136 valence electrons. The zero-order valence-electron chi connectivity index (χ0n) is 14.6. The van der Waals surface area contributed by atoms with Gasteiger partial charge >= 0.3 is 0 Å². The van der Waals surface area contributed by atoms with Gasteiger partial charge in [-0.15, -0.1) is 0 Å². The van der Waals surface area contributed by atoms with Crippen LogP contribution in [0.1, 0.15) is 18.4 Å². The predicted molar refractivity (Wildman–Crippen MR) is 102 cm³/mol. The number of morpholine rings is 1. The number of benzene rings is 1. The highest BCUT2D eigenvalue weighted by molar-refractivity contribution is 7.80. The third kappa shape index (κ3) is 5.39. The Morgan fingerprint density at radius 1 is 1.20 bits per heavy atom. The summed E-state index contributed by atoms with van der Waals surface area (Å²) in [5.74, 6) is 0.221. The number of hydrogen-bond acceptors (Lipinski definition) is 3. The van der Waals surface area contributed by atoms with Gasteiger partial charge in [-0.25, -0.2) is 0 Å². The van der Waals surface area contributed by atoms with Gasteiger partial charge in [0.15, 0.2) is 5.11 Å². The quantitative estimate of drug-likeness (QED) is 0.606. The average Bonchev–Trinajstić information content (AvgIpc) is 3.07. The van der Waals surface area contributed by atoms with Gasteiger partial charge in [0.05, 0.1) is 26.3 Å². The summed E-state index contributed by atoms with van der Waals surface area (Å²) in [6.45, 7) is 7.32. The van der Waals surface area contributed by atoms with Crippen molar-refractivity contribution in [3.63, 3.8) is 0 Å². The van der Waals surface area contributed by atoms with Crippen molar-refractivity contribution in [3.8, 4) is 0 Å². The van der Waals surface area contributed by atoms with Gasteiger partial charge in [-0.3, -0.25) is 4.79 Å². The van der Waals surface area contributed by atoms with Crippen LogP contribution in [0.5, 0.6) is 0 Å². The summed E-state index contributed by atoms with van der Waals surface area (Å²) in [4.78, 5) is 15.2. The maximum absolute atomic E-state index is 11.8. The van der Waals surface area contributed by atoms with E-state index >= 15 is 0 Å². The van der Waals surface area contributed by atoms with Gasteiger partial charge in [0.1, 0.15) is 13.1 Å². The van der Waals surface area contributed by atoms with Crippen LogP contribution in [0.4, 0.5) is 5.69 Å². The number of amides is 1. The van der Waals surface area contributed by atoms with Crippen LogP contribution in [-0.4, -0.2) is 57.0 Å². The Morgan fingerprint density at radius 3 is 2.64 bits per heavy atom. The number of nitrogens with zero attached hydrogens (tertiary/aromatic N) is 1. The summed E-state index contributed by atoms with van der Waals surface area (Å²) in [6, 6.07) is 8.12. The van der Waals surface area contributed by atoms with E-state index < -0.39 is 0 Å². The molecule has 2 saturated heterocycles. The van der Waals surface area contributed by atoms with Crippen LogP contribution in [0.25, 0.3) is 0 Å². The van der Waals surface area contributed by atoms with Gasteiger partial charge < -0.3 is 25.2 Å². The first-order valence-electron chi connectivity index (χ1n) is 9.05. The molecule has 25 heavy (non-hydrogen) atoms. The second-order valence-electron chi connectivity index (χ2n) is 6.54. The van der Waals surface area contributed by atoms with Crippen LogP contribution in [-0.2, 0) is 16.1 Å². The molecule has 1 amide bonds. The summed E-state index contributed by atoms with van der Waals surface area (Å²) < 4.78 is 5.36. The molecular formula is C18H27N4O2S+. The van der Waals surface area contributed by atoms with Gasteiger partial charge in [0, 0.05) is 25.2 Å². The lowest BCUT2D eigenvalue weighted by molar-refractivity contribution is -0.906. The van der Waals surface area contributed by atoms with Crippen LogP contribution in [0.3, 0.4) is 0 Å². The monoisotopic (exact) mass is 363 g/mol. The van der Waals surface area contributed by atoms with E-state index in [-0.39, 0.29) is 5.91 Å². The van der Waals surface area contributed by atoms with E-state index in [4.69, 9.17) is 17.0 Å². The van der Waals surface area contributed by atoms with E-state index in [1.165, 1.54) is 0 Å². The van der Waals surface area contributed by atoms with Crippen molar-refractivity contribution >= 4 is 28.9 Å². The third-order valence-electron chi connectivity index (χ3n) is 4.74. The fraction of sp³-hybridized carbons (Fsp3) is 0.556. The third-order valence-corrected chi connectivity index (χ3v) is 5.03. The predicted octanol–water partition coefficient (Wildman–Crippen LogP) is -0.307. The molecule has 6 nitrogen and oxygen atoms in total. The Bertz CT molecular complexity index is 587. The number of thiocarbonyl (C=S) groups is 1. The fourth-order valence-corrected chi connectivity index (χ4v) is 3.40. The Hall–Kier alpha value is -1.70. The highest BCUT2D eigenvalue weighted by Gasteiger charge is 2.21. The van der Waals surface area contributed by atoms with Crippen LogP contribution in [0, 0.1) is 0 Å². The molecule has 0 aromatic heterocycles. The Labute approximate surface area is 154 Å². The molecule has 2 aliphatic heterocycles. The number of rotatable bonds is 6. The zero-order chi connectivity index (χ0) is 17.5. The molecule has 0 atom stereocenters. The molecule has 0 unspecified atom stereocenters. The van der Waals surface area contributed by atoms with Crippen LogP contribution in [0.2, 0.25) is 0 Å². The number of carbonyl (C=O) groups is 1. The fourth-order valence-electron chi connectivity index (χ4n) is 3.22. The Kier molecular flexibility index (Phi) is 6.61. The molecule has 2 fully saturated rings. The summed E-state index contributed by atoms with van der Waals surface area (Å²) >= 11 is 5.34.